The molecule has 0 N–H and O–H groups in total. The van der Waals surface area contributed by atoms with Crippen LogP contribution in [0.25, 0.3) is 0 Å². The molecule has 0 radical (unpaired) electrons. The van der Waals surface area contributed by atoms with Gasteiger partial charge in [-0.25, -0.2) is 0 Å². The Kier molecular flexibility index (Phi) is 0.774. The predicted molar refractivity (Wildman–Crippen MR) is 39.1 cm³/mol. The zero-order chi connectivity index (χ0) is 6.81. The molecule has 0 bridgehead atoms. The quantitative estimate of drug-likeness (QED) is 0.504. The highest BCUT2D eigenvalue weighted by Crippen LogP contribution is 2.85. The van der Waals surface area contributed by atoms with Gasteiger partial charge in [-0.05, 0) is 29.1 Å². The van der Waals surface area contributed by atoms with Crippen molar-refractivity contribution in [2.45, 2.75) is 27.7 Å². The third-order valence-corrected chi connectivity index (χ3v) is 3.84. The van der Waals surface area contributed by atoms with Gasteiger partial charge in [0, 0.05) is 0 Å². The van der Waals surface area contributed by atoms with Gasteiger partial charge in [0.25, 0.3) is 0 Å². The van der Waals surface area contributed by atoms with E-state index in [0.29, 0.717) is 0 Å². The van der Waals surface area contributed by atoms with Crippen LogP contribution in [0.2, 0.25) is 0 Å². The summed E-state index contributed by atoms with van der Waals surface area (Å²) < 4.78 is 0. The Bertz CT molecular complexity index is 148. The molecule has 0 spiro atoms. The largest absolute Gasteiger partial charge is 0.0625 e. The standard InChI is InChI=1S/C9H16/c1-5(2)7-8-6(3)9(7,8)4/h5-8H,1-4H3. The van der Waals surface area contributed by atoms with Gasteiger partial charge in [0.1, 0.15) is 0 Å². The average Bonchev–Trinajstić information content (AvgIpc) is 2.50. The molecule has 0 aromatic carbocycles. The van der Waals surface area contributed by atoms with E-state index in [9.17, 15) is 0 Å². The van der Waals surface area contributed by atoms with Crippen LogP contribution in [-0.4, -0.2) is 0 Å². The van der Waals surface area contributed by atoms with E-state index >= 15 is 0 Å². The fourth-order valence-electron chi connectivity index (χ4n) is 3.02. The molecule has 0 aromatic rings. The fraction of sp³-hybridized carbons (Fsp3) is 1.00. The second-order valence-corrected chi connectivity index (χ2v) is 4.45. The molecule has 2 aliphatic rings. The van der Waals surface area contributed by atoms with E-state index < -0.39 is 0 Å². The van der Waals surface area contributed by atoms with Gasteiger partial charge >= 0.3 is 0 Å². The molecule has 4 unspecified atom stereocenters. The highest BCUT2D eigenvalue weighted by Gasteiger charge is 2.81. The van der Waals surface area contributed by atoms with Gasteiger partial charge in [-0.15, -0.1) is 0 Å². The van der Waals surface area contributed by atoms with E-state index in [2.05, 4.69) is 27.7 Å². The lowest BCUT2D eigenvalue weighted by Crippen LogP contribution is -2.09. The molecule has 2 rings (SSSR count). The molecule has 0 heterocycles. The van der Waals surface area contributed by atoms with Crippen LogP contribution in [0.15, 0.2) is 0 Å². The monoisotopic (exact) mass is 124 g/mol. The van der Waals surface area contributed by atoms with Crippen LogP contribution in [0.1, 0.15) is 27.7 Å². The summed E-state index contributed by atoms with van der Waals surface area (Å²) in [6.07, 6.45) is 0. The molecule has 0 aromatic heterocycles. The van der Waals surface area contributed by atoms with E-state index in [1.54, 1.807) is 0 Å². The number of hydrogen-bond donors (Lipinski definition) is 0. The number of rotatable bonds is 1. The van der Waals surface area contributed by atoms with Crippen LogP contribution in [0.5, 0.6) is 0 Å². The van der Waals surface area contributed by atoms with Crippen molar-refractivity contribution in [1.29, 1.82) is 0 Å². The Morgan fingerprint density at radius 2 is 1.78 bits per heavy atom. The maximum absolute atomic E-state index is 2.45. The maximum Gasteiger partial charge on any atom is -0.0230 e. The van der Waals surface area contributed by atoms with Crippen molar-refractivity contribution in [3.05, 3.63) is 0 Å². The highest BCUT2D eigenvalue weighted by atomic mass is 14.8. The summed E-state index contributed by atoms with van der Waals surface area (Å²) in [5.41, 5.74) is 0.814. The predicted octanol–water partition coefficient (Wildman–Crippen LogP) is 2.54. The fourth-order valence-corrected chi connectivity index (χ4v) is 3.02. The molecule has 4 atom stereocenters. The maximum atomic E-state index is 2.45. The Balaban J connectivity index is 2.01. The van der Waals surface area contributed by atoms with Gasteiger partial charge in [-0.1, -0.05) is 27.7 Å². The molecule has 9 heavy (non-hydrogen) atoms. The van der Waals surface area contributed by atoms with Gasteiger partial charge in [-0.2, -0.15) is 0 Å². The summed E-state index contributed by atoms with van der Waals surface area (Å²) in [6, 6.07) is 0. The van der Waals surface area contributed by atoms with E-state index in [1.165, 1.54) is 0 Å². The first-order valence-corrected chi connectivity index (χ1v) is 4.10. The smallest absolute Gasteiger partial charge is 0.0230 e. The second kappa shape index (κ2) is 1.21. The summed E-state index contributed by atoms with van der Waals surface area (Å²) in [5.74, 6) is 4.21. The summed E-state index contributed by atoms with van der Waals surface area (Å²) in [4.78, 5) is 0. The lowest BCUT2D eigenvalue weighted by Gasteiger charge is -2.15. The van der Waals surface area contributed by atoms with Crippen LogP contribution in [0.3, 0.4) is 0 Å². The average molecular weight is 124 g/mol. The molecule has 0 heteroatoms. The summed E-state index contributed by atoms with van der Waals surface area (Å²) in [6.45, 7) is 9.56. The zero-order valence-corrected chi connectivity index (χ0v) is 6.81. The summed E-state index contributed by atoms with van der Waals surface area (Å²) in [5, 5.41) is 0. The van der Waals surface area contributed by atoms with Crippen LogP contribution in [-0.2, 0) is 0 Å². The molecule has 0 amide bonds. The lowest BCUT2D eigenvalue weighted by atomic mass is 9.90. The molecule has 2 fully saturated rings. The van der Waals surface area contributed by atoms with Gasteiger partial charge in [-0.3, -0.25) is 0 Å². The minimum atomic E-state index is 0.814. The molecule has 0 saturated heterocycles. The molecule has 2 saturated carbocycles. The first-order valence-electron chi connectivity index (χ1n) is 4.10. The van der Waals surface area contributed by atoms with Gasteiger partial charge in [0.05, 0.1) is 0 Å². The summed E-state index contributed by atoms with van der Waals surface area (Å²) >= 11 is 0. The Morgan fingerprint density at radius 3 is 1.89 bits per heavy atom. The second-order valence-electron chi connectivity index (χ2n) is 4.45. The van der Waals surface area contributed by atoms with Crippen molar-refractivity contribution < 1.29 is 0 Å². The number of hydrogen-bond acceptors (Lipinski definition) is 0. The van der Waals surface area contributed by atoms with Crippen molar-refractivity contribution >= 4 is 0 Å². The lowest BCUT2D eigenvalue weighted by molar-refractivity contribution is 0.332. The molecular formula is C9H16. The van der Waals surface area contributed by atoms with Crippen molar-refractivity contribution in [3.63, 3.8) is 0 Å². The van der Waals surface area contributed by atoms with E-state index in [1.807, 2.05) is 0 Å². The Hall–Kier alpha value is 0. The van der Waals surface area contributed by atoms with E-state index in [4.69, 9.17) is 0 Å². The van der Waals surface area contributed by atoms with Crippen LogP contribution in [0.4, 0.5) is 0 Å². The van der Waals surface area contributed by atoms with Crippen LogP contribution in [0, 0.1) is 29.1 Å². The van der Waals surface area contributed by atoms with Crippen LogP contribution >= 0.6 is 0 Å². The minimum absolute atomic E-state index is 0.814. The van der Waals surface area contributed by atoms with Crippen molar-refractivity contribution in [2.75, 3.05) is 0 Å². The van der Waals surface area contributed by atoms with Crippen LogP contribution < -0.4 is 0 Å². The van der Waals surface area contributed by atoms with Crippen molar-refractivity contribution in [2.24, 2.45) is 29.1 Å². The molecule has 0 aliphatic heterocycles. The topological polar surface area (TPSA) is 0 Å². The SMILES string of the molecule is CC(C)C1C2C(C)C12C. The van der Waals surface area contributed by atoms with E-state index in [0.717, 1.165) is 29.1 Å². The zero-order valence-electron chi connectivity index (χ0n) is 6.81. The third-order valence-electron chi connectivity index (χ3n) is 3.84. The third kappa shape index (κ3) is 0.426. The number of fused-ring (bicyclic) bond motifs is 1. The first kappa shape index (κ1) is 5.76. The first-order chi connectivity index (χ1) is 4.10. The van der Waals surface area contributed by atoms with Crippen molar-refractivity contribution in [3.8, 4) is 0 Å². The van der Waals surface area contributed by atoms with Crippen molar-refractivity contribution in [1.82, 2.24) is 0 Å². The molecule has 2 aliphatic carbocycles. The van der Waals surface area contributed by atoms with Gasteiger partial charge < -0.3 is 0 Å². The molecular weight excluding hydrogens is 108 g/mol. The van der Waals surface area contributed by atoms with Gasteiger partial charge in [0.15, 0.2) is 0 Å². The highest BCUT2D eigenvalue weighted by molar-refractivity contribution is 5.28. The minimum Gasteiger partial charge on any atom is -0.0625 e. The molecule has 0 nitrogen and oxygen atoms in total. The Morgan fingerprint density at radius 1 is 1.33 bits per heavy atom. The molecule has 52 valence electrons. The normalized spacial score (nSPS) is 61.7. The Labute approximate surface area is 57.6 Å². The van der Waals surface area contributed by atoms with E-state index in [-0.39, 0.29) is 0 Å². The van der Waals surface area contributed by atoms with Gasteiger partial charge in [0.2, 0.25) is 0 Å². The summed E-state index contributed by atoms with van der Waals surface area (Å²) in [7, 11) is 0.